The van der Waals surface area contributed by atoms with Gasteiger partial charge in [0.05, 0.1) is 0 Å². The van der Waals surface area contributed by atoms with Crippen LogP contribution in [0.2, 0.25) is 0 Å². The number of nitrogens with zero attached hydrogens (tertiary/aromatic N) is 3. The molecule has 3 N–H and O–H groups in total. The molecule has 3 saturated carbocycles. The summed E-state index contributed by atoms with van der Waals surface area (Å²) in [5, 5.41) is 7.12. The summed E-state index contributed by atoms with van der Waals surface area (Å²) >= 11 is 1.97. The Bertz CT molecular complexity index is 3420. The molecule has 0 spiro atoms. The highest BCUT2D eigenvalue weighted by atomic mass is 32.2. The molecule has 3 heterocycles. The zero-order chi connectivity index (χ0) is 88.5. The highest BCUT2D eigenvalue weighted by Crippen LogP contribution is 2.50. The number of alkyl halides is 3. The van der Waals surface area contributed by atoms with E-state index in [-0.39, 0.29) is 81.7 Å². The van der Waals surface area contributed by atoms with Crippen molar-refractivity contribution < 1.29 is 84.7 Å². The Hall–Kier alpha value is -8.48. The van der Waals surface area contributed by atoms with Crippen molar-refractivity contribution in [1.29, 1.82) is 0 Å². The number of pyridine rings is 1. The SMILES string of the molecule is CC(=O)CC(C)C(=O)NCC(F)(F)F.CC(=O)CC1(c2ccccn2)CC1.CC(=O)CC1CCC1.CC(=O)CC1CCSC1.CC(=O)CCC1CCC1.CC(=O)CCc1ccccc1.CC(=O)CCc1ccccc1F.CC(=O)CCc1ncccn1.CCCC(C)=O.CCCCNC(=O)CCC(C)=O.CCNC(=O)C(C)CC(C)=O. The first-order chi connectivity index (χ1) is 54.6. The van der Waals surface area contributed by atoms with Crippen LogP contribution < -0.4 is 16.0 Å². The van der Waals surface area contributed by atoms with E-state index in [9.17, 15) is 84.7 Å². The first-order valence-corrected chi connectivity index (χ1v) is 42.1. The van der Waals surface area contributed by atoms with Crippen LogP contribution in [0.25, 0.3) is 0 Å². The van der Waals surface area contributed by atoms with Gasteiger partial charge in [-0.3, -0.25) is 24.2 Å². The van der Waals surface area contributed by atoms with Crippen molar-refractivity contribution >= 4 is 93.1 Å². The van der Waals surface area contributed by atoms with E-state index < -0.39 is 24.5 Å². The van der Waals surface area contributed by atoms with Crippen molar-refractivity contribution in [2.24, 2.45) is 29.6 Å². The zero-order valence-electron chi connectivity index (χ0n) is 72.4. The van der Waals surface area contributed by atoms with Gasteiger partial charge < -0.3 is 63.9 Å². The monoisotopic (exact) mass is 1650 g/mol. The summed E-state index contributed by atoms with van der Waals surface area (Å²) in [6.07, 6.45) is 25.0. The average Bonchev–Trinajstić information content (AvgIpc) is 1.62. The number of nitrogens with one attached hydrogen (secondary N) is 3. The molecule has 0 bridgehead atoms. The number of amides is 3. The van der Waals surface area contributed by atoms with E-state index in [1.807, 2.05) is 74.1 Å². The molecule has 4 fully saturated rings. The molecular formula is C91H138F4N6O14S. The molecule has 1 aliphatic heterocycles. The van der Waals surface area contributed by atoms with Gasteiger partial charge in [0.25, 0.3) is 0 Å². The molecule has 3 amide bonds. The third-order valence-corrected chi connectivity index (χ3v) is 19.1. The van der Waals surface area contributed by atoms with Crippen molar-refractivity contribution in [3.8, 4) is 0 Å². The van der Waals surface area contributed by atoms with Gasteiger partial charge in [0, 0.05) is 138 Å². The second kappa shape index (κ2) is 68.6. The molecule has 1 saturated heterocycles. The largest absolute Gasteiger partial charge is 0.405 e. The molecule has 2 aromatic carbocycles. The Kier molecular flexibility index (Phi) is 66.0. The van der Waals surface area contributed by atoms with Gasteiger partial charge in [0.2, 0.25) is 17.7 Å². The second-order valence-electron chi connectivity index (χ2n) is 30.3. The molecule has 2 aromatic heterocycles. The Morgan fingerprint density at radius 3 is 1.35 bits per heavy atom. The highest BCUT2D eigenvalue weighted by Gasteiger charge is 2.46. The zero-order valence-corrected chi connectivity index (χ0v) is 73.3. The Balaban J connectivity index is -0.00000122. The molecule has 4 aliphatic rings. The lowest BCUT2D eigenvalue weighted by Gasteiger charge is -2.24. The Morgan fingerprint density at radius 1 is 0.474 bits per heavy atom. The lowest BCUT2D eigenvalue weighted by molar-refractivity contribution is -0.141. The predicted octanol–water partition coefficient (Wildman–Crippen LogP) is 18.0. The van der Waals surface area contributed by atoms with Gasteiger partial charge >= 0.3 is 6.18 Å². The normalized spacial score (nSPS) is 14.0. The summed E-state index contributed by atoms with van der Waals surface area (Å²) in [5.74, 6) is 5.68. The first kappa shape index (κ1) is 112. The molecule has 0 radical (unpaired) electrons. The maximum absolute atomic E-state index is 12.9. The first-order valence-electron chi connectivity index (χ1n) is 41.0. The Labute approximate surface area is 694 Å². The minimum absolute atomic E-state index is 0.0151. The molecule has 116 heavy (non-hydrogen) atoms. The maximum Gasteiger partial charge on any atom is 0.405 e. The van der Waals surface area contributed by atoms with E-state index in [2.05, 4.69) is 32.5 Å². The molecule has 4 aromatic rings. The number of halogens is 4. The molecule has 20 nitrogen and oxygen atoms in total. The van der Waals surface area contributed by atoms with Gasteiger partial charge in [-0.1, -0.05) is 127 Å². The number of aryl methyl sites for hydroxylation is 3. The summed E-state index contributed by atoms with van der Waals surface area (Å²) in [5.41, 5.74) is 3.05. The number of Topliss-reactive ketones (excluding diaryl/α,β-unsaturated/α-hetero) is 11. The summed E-state index contributed by atoms with van der Waals surface area (Å²) in [6.45, 7) is 26.4. The van der Waals surface area contributed by atoms with Crippen LogP contribution in [-0.2, 0) is 91.8 Å². The second-order valence-corrected chi connectivity index (χ2v) is 31.4. The third-order valence-electron chi connectivity index (χ3n) is 17.9. The maximum atomic E-state index is 12.9. The van der Waals surface area contributed by atoms with Gasteiger partial charge in [0.15, 0.2) is 0 Å². The minimum Gasteiger partial charge on any atom is -0.356 e. The van der Waals surface area contributed by atoms with Crippen molar-refractivity contribution in [1.82, 2.24) is 30.9 Å². The Morgan fingerprint density at radius 2 is 0.957 bits per heavy atom. The topological polar surface area (TPSA) is 314 Å². The minimum atomic E-state index is -4.41. The summed E-state index contributed by atoms with van der Waals surface area (Å²) in [4.78, 5) is 161. The van der Waals surface area contributed by atoms with Crippen LogP contribution >= 0.6 is 11.8 Å². The van der Waals surface area contributed by atoms with Gasteiger partial charge in [-0.05, 0) is 199 Å². The number of hydrogen-bond acceptors (Lipinski definition) is 18. The van der Waals surface area contributed by atoms with E-state index in [4.69, 9.17) is 0 Å². The lowest BCUT2D eigenvalue weighted by Crippen LogP contribution is -2.37. The lowest BCUT2D eigenvalue weighted by atomic mass is 9.82. The number of thioether (sulfide) groups is 1. The fourth-order valence-corrected chi connectivity index (χ4v) is 12.2. The average molecular weight is 1650 g/mol. The molecular weight excluding hydrogens is 1510 g/mol. The molecule has 3 unspecified atom stereocenters. The van der Waals surface area contributed by atoms with Gasteiger partial charge in [-0.15, -0.1) is 0 Å². The number of unbranched alkanes of at least 4 members (excludes halogenated alkanes) is 1. The van der Waals surface area contributed by atoms with E-state index in [1.54, 1.807) is 104 Å². The van der Waals surface area contributed by atoms with Crippen LogP contribution in [-0.4, -0.2) is 134 Å². The number of carbonyl (C=O) groups excluding carboxylic acids is 14. The standard InChI is InChI=1S/C11H13NO.C10H11FO.C10H12O.C9H17NO2.C8H12F3NO2.C8H10N2O.C8H15NO2.C8H14O.C7H12OS.C7H12O.C5H10O/c1-9(13)8-11(5-6-11)10-4-2-3-7-12-10;1-8(12)6-7-9-4-2-3-5-10(9)11;1-9(11)7-8-10-5-3-2-4-6-10;1-3-4-7-10-9(12)6-5-8(2)11;1-5(3-6(2)13)7(14)12-4-8(9,10)11;1-7(11)3-4-8-9-5-2-6-10-8;1-4-9-8(11)6(2)5-7(3)10;1-7(9)5-6-8-3-2-4-8;1-6(8)4-7-2-3-9-5-7;1-6(8)5-7-3-2-4-7;1-3-4-5(2)6/h2-4,7H,5-6,8H2,1H3;2-5H,6-7H2,1H3;2-6H,7-8H2,1H3;3-7H2,1-2H3,(H,10,12);5H,3-4H2,1-2H3,(H,12,14);2,5-6H,3-4H2,1H3;6H,4-5H2,1-3H3,(H,9,11);8H,2-6H2,1H3;7H,2-5H2,1H3;7H,2-5H2,1H3;3-4H2,1-2H3. The molecule has 8 rings (SSSR count). The number of rotatable bonds is 35. The van der Waals surface area contributed by atoms with Crippen molar-refractivity contribution in [2.45, 2.75) is 302 Å². The molecule has 650 valence electrons. The van der Waals surface area contributed by atoms with E-state index in [0.29, 0.717) is 93.2 Å². The predicted molar refractivity (Wildman–Crippen MR) is 453 cm³/mol. The van der Waals surface area contributed by atoms with Crippen molar-refractivity contribution in [3.63, 3.8) is 0 Å². The quantitative estimate of drug-likeness (QED) is 0.0285. The summed E-state index contributed by atoms with van der Waals surface area (Å²) in [7, 11) is 0. The van der Waals surface area contributed by atoms with Gasteiger partial charge in [-0.2, -0.15) is 24.9 Å². The third kappa shape index (κ3) is 70.9. The number of aromatic nitrogens is 3. The van der Waals surface area contributed by atoms with Crippen LogP contribution in [0.4, 0.5) is 17.6 Å². The van der Waals surface area contributed by atoms with Crippen LogP contribution in [0.1, 0.15) is 294 Å². The molecule has 25 heteroatoms. The van der Waals surface area contributed by atoms with Crippen LogP contribution in [0.5, 0.6) is 0 Å². The number of benzene rings is 2. The number of ketones is 11. The smallest absolute Gasteiger partial charge is 0.356 e. The van der Waals surface area contributed by atoms with E-state index in [1.165, 1.54) is 103 Å². The molecule has 3 atom stereocenters. The van der Waals surface area contributed by atoms with Crippen LogP contribution in [0.15, 0.2) is 97.5 Å². The number of carbonyl (C=O) groups is 14. The van der Waals surface area contributed by atoms with Crippen LogP contribution in [0, 0.1) is 35.4 Å². The molecule has 3 aliphatic carbocycles. The van der Waals surface area contributed by atoms with E-state index >= 15 is 0 Å². The fourth-order valence-electron chi connectivity index (χ4n) is 10.9. The van der Waals surface area contributed by atoms with Crippen LogP contribution in [0.3, 0.4) is 0 Å². The van der Waals surface area contributed by atoms with Crippen molar-refractivity contribution in [3.05, 3.63) is 126 Å². The number of hydrogen-bond donors (Lipinski definition) is 3. The van der Waals surface area contributed by atoms with Crippen molar-refractivity contribution in [2.75, 3.05) is 31.1 Å². The fraction of sp³-hybridized carbons (Fsp3) is 0.615. The summed E-state index contributed by atoms with van der Waals surface area (Å²) in [6, 6.07) is 24.3. The highest BCUT2D eigenvalue weighted by molar-refractivity contribution is 7.99. The van der Waals surface area contributed by atoms with Gasteiger partial charge in [-0.25, -0.2) is 14.4 Å². The summed E-state index contributed by atoms with van der Waals surface area (Å²) < 4.78 is 47.9. The van der Waals surface area contributed by atoms with Gasteiger partial charge in [0.1, 0.15) is 81.8 Å². The van der Waals surface area contributed by atoms with E-state index in [0.717, 1.165) is 101 Å².